The molecular formula is C19H32N4O2S. The van der Waals surface area contributed by atoms with Gasteiger partial charge in [-0.25, -0.2) is 4.98 Å². The molecule has 0 aromatic carbocycles. The summed E-state index contributed by atoms with van der Waals surface area (Å²) in [5.41, 5.74) is 2.24. The summed E-state index contributed by atoms with van der Waals surface area (Å²) in [6.07, 6.45) is 4.90. The van der Waals surface area contributed by atoms with Crippen LogP contribution in [0.15, 0.2) is 5.16 Å². The first kappa shape index (κ1) is 20.8. The van der Waals surface area contributed by atoms with Crippen LogP contribution in [-0.4, -0.2) is 51.1 Å². The number of hydrogen-bond donors (Lipinski definition) is 1. The Labute approximate surface area is 161 Å². The molecule has 1 fully saturated rings. The fourth-order valence-electron chi connectivity index (χ4n) is 3.43. The van der Waals surface area contributed by atoms with E-state index in [1.807, 2.05) is 27.7 Å². The van der Waals surface area contributed by atoms with Gasteiger partial charge in [-0.3, -0.25) is 9.59 Å². The molecule has 2 amide bonds. The third-order valence-electron chi connectivity index (χ3n) is 4.89. The number of likely N-dealkylation sites (N-methyl/N-ethyl adjacent to an activating group) is 1. The van der Waals surface area contributed by atoms with Gasteiger partial charge in [0.2, 0.25) is 11.8 Å². The van der Waals surface area contributed by atoms with Crippen LogP contribution in [0.2, 0.25) is 0 Å². The minimum absolute atomic E-state index is 0.0207. The molecule has 1 aromatic rings. The van der Waals surface area contributed by atoms with E-state index in [2.05, 4.69) is 21.8 Å². The van der Waals surface area contributed by atoms with E-state index in [9.17, 15) is 9.59 Å². The molecule has 0 bridgehead atoms. The van der Waals surface area contributed by atoms with Crippen LogP contribution in [0.5, 0.6) is 0 Å². The second-order valence-corrected chi connectivity index (χ2v) is 8.23. The van der Waals surface area contributed by atoms with Crippen molar-refractivity contribution in [3.63, 3.8) is 0 Å². The van der Waals surface area contributed by atoms with Crippen LogP contribution >= 0.6 is 11.8 Å². The average molecular weight is 381 g/mol. The Morgan fingerprint density at radius 2 is 1.96 bits per heavy atom. The fraction of sp³-hybridized carbons (Fsp3) is 0.737. The summed E-state index contributed by atoms with van der Waals surface area (Å²) < 4.78 is 2.32. The van der Waals surface area contributed by atoms with E-state index >= 15 is 0 Å². The third-order valence-corrected chi connectivity index (χ3v) is 5.83. The molecule has 0 radical (unpaired) electrons. The van der Waals surface area contributed by atoms with Gasteiger partial charge in [0.1, 0.15) is 0 Å². The van der Waals surface area contributed by atoms with E-state index in [0.29, 0.717) is 18.3 Å². The number of thioether (sulfide) groups is 1. The molecule has 6 nitrogen and oxygen atoms in total. The first-order valence-electron chi connectivity index (χ1n) is 9.58. The zero-order valence-electron chi connectivity index (χ0n) is 16.7. The van der Waals surface area contributed by atoms with Gasteiger partial charge < -0.3 is 14.8 Å². The van der Waals surface area contributed by atoms with Gasteiger partial charge in [-0.15, -0.1) is 0 Å². The van der Waals surface area contributed by atoms with Crippen LogP contribution in [0.1, 0.15) is 63.9 Å². The standard InChI is InChI=1S/C19H32N4O2S/c1-6-22(11-17(24)20-13(2)3)18(25)12-26-19-21-14(4)15(5)23(19)16-9-7-8-10-16/h13,16H,6-12H2,1-5H3,(H,20,24). The van der Waals surface area contributed by atoms with E-state index < -0.39 is 0 Å². The highest BCUT2D eigenvalue weighted by Gasteiger charge is 2.24. The van der Waals surface area contributed by atoms with Crippen LogP contribution < -0.4 is 5.32 Å². The van der Waals surface area contributed by atoms with Crippen LogP contribution in [0.4, 0.5) is 0 Å². The van der Waals surface area contributed by atoms with Crippen molar-refractivity contribution in [3.8, 4) is 0 Å². The SMILES string of the molecule is CCN(CC(=O)NC(C)C)C(=O)CSc1nc(C)c(C)n1C1CCCC1. The summed E-state index contributed by atoms with van der Waals surface area (Å²) in [4.78, 5) is 30.8. The highest BCUT2D eigenvalue weighted by Crippen LogP contribution is 2.35. The monoisotopic (exact) mass is 380 g/mol. The number of carbonyl (C=O) groups is 2. The molecule has 0 saturated heterocycles. The van der Waals surface area contributed by atoms with E-state index in [1.165, 1.54) is 43.1 Å². The lowest BCUT2D eigenvalue weighted by Crippen LogP contribution is -2.43. The Morgan fingerprint density at radius 1 is 1.31 bits per heavy atom. The summed E-state index contributed by atoms with van der Waals surface area (Å²) >= 11 is 1.49. The van der Waals surface area contributed by atoms with Gasteiger partial charge in [-0.1, -0.05) is 24.6 Å². The van der Waals surface area contributed by atoms with Gasteiger partial charge in [0, 0.05) is 24.3 Å². The van der Waals surface area contributed by atoms with E-state index in [-0.39, 0.29) is 24.4 Å². The van der Waals surface area contributed by atoms with E-state index in [0.717, 1.165) is 10.9 Å². The first-order chi connectivity index (χ1) is 12.3. The Hall–Kier alpha value is -1.50. The quantitative estimate of drug-likeness (QED) is 0.704. The lowest BCUT2D eigenvalue weighted by Gasteiger charge is -2.21. The van der Waals surface area contributed by atoms with Crippen molar-refractivity contribution in [3.05, 3.63) is 11.4 Å². The molecule has 7 heteroatoms. The molecule has 0 aliphatic heterocycles. The number of nitrogens with zero attached hydrogens (tertiary/aromatic N) is 3. The Morgan fingerprint density at radius 3 is 2.54 bits per heavy atom. The number of nitrogens with one attached hydrogen (secondary N) is 1. The van der Waals surface area contributed by atoms with Crippen LogP contribution in [0.25, 0.3) is 0 Å². The number of aromatic nitrogens is 2. The van der Waals surface area contributed by atoms with Crippen LogP contribution in [0.3, 0.4) is 0 Å². The summed E-state index contributed by atoms with van der Waals surface area (Å²) in [7, 11) is 0. The molecule has 26 heavy (non-hydrogen) atoms. The highest BCUT2D eigenvalue weighted by molar-refractivity contribution is 7.99. The van der Waals surface area contributed by atoms with Gasteiger partial charge in [-0.2, -0.15) is 0 Å². The predicted octanol–water partition coefficient (Wildman–Crippen LogP) is 3.08. The second-order valence-electron chi connectivity index (χ2n) is 7.29. The van der Waals surface area contributed by atoms with Crippen molar-refractivity contribution in [1.82, 2.24) is 19.8 Å². The molecule has 1 aliphatic rings. The van der Waals surface area contributed by atoms with Gasteiger partial charge in [-0.05, 0) is 47.5 Å². The summed E-state index contributed by atoms with van der Waals surface area (Å²) in [5.74, 6) is 0.179. The average Bonchev–Trinajstić information content (AvgIpc) is 3.18. The number of amides is 2. The minimum atomic E-state index is -0.112. The van der Waals surface area contributed by atoms with Crippen LogP contribution in [-0.2, 0) is 9.59 Å². The van der Waals surface area contributed by atoms with E-state index in [4.69, 9.17) is 0 Å². The molecule has 0 atom stereocenters. The number of carbonyl (C=O) groups excluding carboxylic acids is 2. The van der Waals surface area contributed by atoms with Crippen molar-refractivity contribution >= 4 is 23.6 Å². The number of imidazole rings is 1. The third kappa shape index (κ3) is 5.25. The number of hydrogen-bond acceptors (Lipinski definition) is 4. The first-order valence-corrected chi connectivity index (χ1v) is 10.6. The Bertz CT molecular complexity index is 636. The molecule has 0 spiro atoms. The summed E-state index contributed by atoms with van der Waals surface area (Å²) in [6.45, 7) is 10.5. The second kappa shape index (κ2) is 9.44. The molecule has 0 unspecified atom stereocenters. The summed E-state index contributed by atoms with van der Waals surface area (Å²) in [6, 6.07) is 0.587. The number of aryl methyl sites for hydroxylation is 1. The molecule has 1 N–H and O–H groups in total. The Balaban J connectivity index is 1.99. The molecule has 1 aliphatic carbocycles. The molecule has 146 valence electrons. The zero-order valence-corrected chi connectivity index (χ0v) is 17.5. The zero-order chi connectivity index (χ0) is 19.3. The van der Waals surface area contributed by atoms with Gasteiger partial charge >= 0.3 is 0 Å². The van der Waals surface area contributed by atoms with Crippen molar-refractivity contribution in [2.24, 2.45) is 0 Å². The lowest BCUT2D eigenvalue weighted by atomic mass is 10.2. The molecule has 2 rings (SSSR count). The van der Waals surface area contributed by atoms with Crippen molar-refractivity contribution in [2.75, 3.05) is 18.8 Å². The smallest absolute Gasteiger partial charge is 0.239 e. The maximum Gasteiger partial charge on any atom is 0.239 e. The molecule has 1 heterocycles. The number of rotatable bonds is 8. The van der Waals surface area contributed by atoms with Gasteiger partial charge in [0.15, 0.2) is 5.16 Å². The van der Waals surface area contributed by atoms with Crippen LogP contribution in [0, 0.1) is 13.8 Å². The van der Waals surface area contributed by atoms with E-state index in [1.54, 1.807) is 4.90 Å². The largest absolute Gasteiger partial charge is 0.352 e. The molecular weight excluding hydrogens is 348 g/mol. The predicted molar refractivity (Wildman–Crippen MR) is 105 cm³/mol. The highest BCUT2D eigenvalue weighted by atomic mass is 32.2. The van der Waals surface area contributed by atoms with Gasteiger partial charge in [0.05, 0.1) is 18.0 Å². The lowest BCUT2D eigenvalue weighted by molar-refractivity contribution is -0.134. The Kier molecular flexibility index (Phi) is 7.55. The molecule has 1 aromatic heterocycles. The fourth-order valence-corrected chi connectivity index (χ4v) is 4.49. The van der Waals surface area contributed by atoms with Crippen molar-refractivity contribution in [1.29, 1.82) is 0 Å². The normalized spacial score (nSPS) is 14.8. The maximum absolute atomic E-state index is 12.6. The minimum Gasteiger partial charge on any atom is -0.352 e. The topological polar surface area (TPSA) is 67.2 Å². The van der Waals surface area contributed by atoms with Crippen molar-refractivity contribution < 1.29 is 9.59 Å². The van der Waals surface area contributed by atoms with Gasteiger partial charge in [0.25, 0.3) is 0 Å². The van der Waals surface area contributed by atoms with Crippen molar-refractivity contribution in [2.45, 2.75) is 77.5 Å². The maximum atomic E-state index is 12.6. The summed E-state index contributed by atoms with van der Waals surface area (Å²) in [5, 5.41) is 3.77. The molecule has 1 saturated carbocycles.